The zero-order valence-electron chi connectivity index (χ0n) is 8.40. The van der Waals surface area contributed by atoms with Crippen LogP contribution in [0.25, 0.3) is 0 Å². The maximum atomic E-state index is 3.48. The van der Waals surface area contributed by atoms with Gasteiger partial charge in [-0.25, -0.2) is 0 Å². The maximum absolute atomic E-state index is 3.48. The van der Waals surface area contributed by atoms with Crippen LogP contribution in [0.3, 0.4) is 0 Å². The molecular formula is C10H22N2. The Balaban J connectivity index is 1.76. The van der Waals surface area contributed by atoms with Gasteiger partial charge in [-0.15, -0.1) is 0 Å². The molecule has 1 saturated carbocycles. The third-order valence-electron chi connectivity index (χ3n) is 2.51. The van der Waals surface area contributed by atoms with Gasteiger partial charge in [0.05, 0.1) is 0 Å². The van der Waals surface area contributed by atoms with Gasteiger partial charge in [0.15, 0.2) is 0 Å². The van der Waals surface area contributed by atoms with Crippen LogP contribution in [0.1, 0.15) is 33.1 Å². The van der Waals surface area contributed by atoms with E-state index in [1.54, 1.807) is 0 Å². The highest BCUT2D eigenvalue weighted by Crippen LogP contribution is 2.24. The lowest BCUT2D eigenvalue weighted by atomic mass is 9.85. The van der Waals surface area contributed by atoms with Crippen molar-refractivity contribution in [3.05, 3.63) is 0 Å². The highest BCUT2D eigenvalue weighted by molar-refractivity contribution is 4.71. The molecule has 0 amide bonds. The number of rotatable bonds is 6. The standard InChI is InChI=1S/C10H22N2/c1-9(2)12-7-6-11-8-10-4-3-5-10/h9-12H,3-8H2,1-2H3. The molecule has 0 radical (unpaired) electrons. The highest BCUT2D eigenvalue weighted by atomic mass is 15.0. The molecule has 0 spiro atoms. The molecular weight excluding hydrogens is 148 g/mol. The van der Waals surface area contributed by atoms with Crippen molar-refractivity contribution in [3.8, 4) is 0 Å². The molecule has 2 N–H and O–H groups in total. The van der Waals surface area contributed by atoms with Gasteiger partial charge in [-0.2, -0.15) is 0 Å². The van der Waals surface area contributed by atoms with Crippen LogP contribution in [0.5, 0.6) is 0 Å². The fourth-order valence-electron chi connectivity index (χ4n) is 1.45. The predicted molar refractivity (Wildman–Crippen MR) is 53.3 cm³/mol. The third-order valence-corrected chi connectivity index (χ3v) is 2.51. The van der Waals surface area contributed by atoms with Crippen LogP contribution in [-0.4, -0.2) is 25.7 Å². The Morgan fingerprint density at radius 1 is 1.25 bits per heavy atom. The lowest BCUT2D eigenvalue weighted by Gasteiger charge is -2.25. The first-order chi connectivity index (χ1) is 5.79. The summed E-state index contributed by atoms with van der Waals surface area (Å²) in [6, 6.07) is 0.621. The van der Waals surface area contributed by atoms with E-state index in [9.17, 15) is 0 Å². The highest BCUT2D eigenvalue weighted by Gasteiger charge is 2.15. The first kappa shape index (κ1) is 10.0. The molecule has 0 bridgehead atoms. The van der Waals surface area contributed by atoms with E-state index in [0.717, 1.165) is 19.0 Å². The van der Waals surface area contributed by atoms with Gasteiger partial charge >= 0.3 is 0 Å². The molecule has 1 aliphatic carbocycles. The SMILES string of the molecule is CC(C)NCCNCC1CCC1. The van der Waals surface area contributed by atoms with Crippen LogP contribution in [0.2, 0.25) is 0 Å². The van der Waals surface area contributed by atoms with Gasteiger partial charge in [-0.05, 0) is 25.3 Å². The van der Waals surface area contributed by atoms with Crippen molar-refractivity contribution >= 4 is 0 Å². The molecule has 1 rings (SSSR count). The lowest BCUT2D eigenvalue weighted by molar-refractivity contribution is 0.301. The van der Waals surface area contributed by atoms with E-state index in [1.807, 2.05) is 0 Å². The Bertz CT molecular complexity index is 108. The second kappa shape index (κ2) is 5.55. The molecule has 0 unspecified atom stereocenters. The molecule has 0 heterocycles. The molecule has 1 fully saturated rings. The van der Waals surface area contributed by atoms with Crippen LogP contribution in [0.4, 0.5) is 0 Å². The lowest BCUT2D eigenvalue weighted by Crippen LogP contribution is -2.35. The molecule has 0 aromatic rings. The smallest absolute Gasteiger partial charge is 0.00790 e. The Labute approximate surface area is 76.1 Å². The molecule has 12 heavy (non-hydrogen) atoms. The topological polar surface area (TPSA) is 24.1 Å². The van der Waals surface area contributed by atoms with Crippen molar-refractivity contribution in [1.29, 1.82) is 0 Å². The molecule has 0 saturated heterocycles. The summed E-state index contributed by atoms with van der Waals surface area (Å²) in [5, 5.41) is 6.87. The summed E-state index contributed by atoms with van der Waals surface area (Å²) in [5.41, 5.74) is 0. The normalized spacial score (nSPS) is 18.2. The monoisotopic (exact) mass is 170 g/mol. The van der Waals surface area contributed by atoms with Crippen molar-refractivity contribution in [2.45, 2.75) is 39.2 Å². The van der Waals surface area contributed by atoms with E-state index in [2.05, 4.69) is 24.5 Å². The number of hydrogen-bond acceptors (Lipinski definition) is 2. The Morgan fingerprint density at radius 3 is 2.50 bits per heavy atom. The van der Waals surface area contributed by atoms with Gasteiger partial charge in [0, 0.05) is 19.1 Å². The van der Waals surface area contributed by atoms with Gasteiger partial charge in [-0.3, -0.25) is 0 Å². The molecule has 2 heteroatoms. The first-order valence-corrected chi connectivity index (χ1v) is 5.23. The van der Waals surface area contributed by atoms with Crippen molar-refractivity contribution in [2.75, 3.05) is 19.6 Å². The van der Waals surface area contributed by atoms with Crippen molar-refractivity contribution < 1.29 is 0 Å². The van der Waals surface area contributed by atoms with Crippen LogP contribution in [0, 0.1) is 5.92 Å². The zero-order valence-corrected chi connectivity index (χ0v) is 8.40. The van der Waals surface area contributed by atoms with Crippen LogP contribution >= 0.6 is 0 Å². The Kier molecular flexibility index (Phi) is 4.62. The molecule has 0 aromatic heterocycles. The van der Waals surface area contributed by atoms with Gasteiger partial charge in [0.1, 0.15) is 0 Å². The Hall–Kier alpha value is -0.0800. The van der Waals surface area contributed by atoms with Crippen LogP contribution < -0.4 is 10.6 Å². The minimum Gasteiger partial charge on any atom is -0.315 e. The summed E-state index contributed by atoms with van der Waals surface area (Å²) in [6.45, 7) is 7.83. The maximum Gasteiger partial charge on any atom is 0.00790 e. The van der Waals surface area contributed by atoms with Gasteiger partial charge in [0.2, 0.25) is 0 Å². The summed E-state index contributed by atoms with van der Waals surface area (Å²) in [7, 11) is 0. The third kappa shape index (κ3) is 4.07. The van der Waals surface area contributed by atoms with Gasteiger partial charge in [0.25, 0.3) is 0 Å². The summed E-state index contributed by atoms with van der Waals surface area (Å²) >= 11 is 0. The molecule has 0 atom stereocenters. The molecule has 1 aliphatic rings. The first-order valence-electron chi connectivity index (χ1n) is 5.23. The van der Waals surface area contributed by atoms with Crippen molar-refractivity contribution in [1.82, 2.24) is 10.6 Å². The fourth-order valence-corrected chi connectivity index (χ4v) is 1.45. The quantitative estimate of drug-likeness (QED) is 0.588. The van der Waals surface area contributed by atoms with E-state index in [4.69, 9.17) is 0 Å². The largest absolute Gasteiger partial charge is 0.315 e. The molecule has 2 nitrogen and oxygen atoms in total. The number of nitrogens with one attached hydrogen (secondary N) is 2. The van der Waals surface area contributed by atoms with E-state index < -0.39 is 0 Å². The van der Waals surface area contributed by atoms with E-state index >= 15 is 0 Å². The van der Waals surface area contributed by atoms with E-state index in [-0.39, 0.29) is 0 Å². The van der Waals surface area contributed by atoms with Crippen LogP contribution in [-0.2, 0) is 0 Å². The zero-order chi connectivity index (χ0) is 8.81. The summed E-state index contributed by atoms with van der Waals surface area (Å²) in [6.07, 6.45) is 4.35. The summed E-state index contributed by atoms with van der Waals surface area (Å²) in [4.78, 5) is 0. The van der Waals surface area contributed by atoms with Gasteiger partial charge in [-0.1, -0.05) is 20.3 Å². The average molecular weight is 170 g/mol. The summed E-state index contributed by atoms with van der Waals surface area (Å²) < 4.78 is 0. The predicted octanol–water partition coefficient (Wildman–Crippen LogP) is 1.37. The van der Waals surface area contributed by atoms with Crippen molar-refractivity contribution in [2.24, 2.45) is 5.92 Å². The average Bonchev–Trinajstić information content (AvgIpc) is 1.92. The minimum atomic E-state index is 0.621. The van der Waals surface area contributed by atoms with E-state index in [1.165, 1.54) is 25.8 Å². The molecule has 72 valence electrons. The molecule has 0 aromatic carbocycles. The second-order valence-corrected chi connectivity index (χ2v) is 4.11. The van der Waals surface area contributed by atoms with Gasteiger partial charge < -0.3 is 10.6 Å². The Morgan fingerprint density at radius 2 is 2.00 bits per heavy atom. The second-order valence-electron chi connectivity index (χ2n) is 4.11. The van der Waals surface area contributed by atoms with Crippen LogP contribution in [0.15, 0.2) is 0 Å². The molecule has 0 aliphatic heterocycles. The number of hydrogen-bond donors (Lipinski definition) is 2. The fraction of sp³-hybridized carbons (Fsp3) is 1.00. The van der Waals surface area contributed by atoms with E-state index in [0.29, 0.717) is 6.04 Å². The minimum absolute atomic E-state index is 0.621. The van der Waals surface area contributed by atoms with Crippen molar-refractivity contribution in [3.63, 3.8) is 0 Å². The summed E-state index contributed by atoms with van der Waals surface area (Å²) in [5.74, 6) is 0.990.